The van der Waals surface area contributed by atoms with Crippen LogP contribution in [0.2, 0.25) is 0 Å². The predicted octanol–water partition coefficient (Wildman–Crippen LogP) is 1.39. The first kappa shape index (κ1) is 15.5. The Morgan fingerprint density at radius 2 is 2.10 bits per heavy atom. The number of piperidine rings is 1. The van der Waals surface area contributed by atoms with Crippen molar-refractivity contribution >= 4 is 11.8 Å². The molecule has 1 fully saturated rings. The van der Waals surface area contributed by atoms with Gasteiger partial charge in [0, 0.05) is 44.4 Å². The molecule has 0 atom stereocenters. The number of amides is 2. The molecule has 0 unspecified atom stereocenters. The SMILES string of the molecule is CC(=O)N1CCC(C(=O)NCCCc2ccccn2)CC1. The molecule has 1 aromatic rings. The van der Waals surface area contributed by atoms with E-state index in [1.807, 2.05) is 23.1 Å². The number of aromatic nitrogens is 1. The molecule has 1 N–H and O–H groups in total. The third-order valence-electron chi connectivity index (χ3n) is 3.95. The lowest BCUT2D eigenvalue weighted by atomic mass is 9.96. The summed E-state index contributed by atoms with van der Waals surface area (Å²) in [5, 5.41) is 3.00. The molecule has 2 amide bonds. The van der Waals surface area contributed by atoms with Gasteiger partial charge >= 0.3 is 0 Å². The molecule has 1 aliphatic heterocycles. The quantitative estimate of drug-likeness (QED) is 0.833. The van der Waals surface area contributed by atoms with Crippen LogP contribution in [0.5, 0.6) is 0 Å². The van der Waals surface area contributed by atoms with Gasteiger partial charge in [-0.05, 0) is 37.8 Å². The Kier molecular flexibility index (Phi) is 5.72. The van der Waals surface area contributed by atoms with Crippen molar-refractivity contribution in [2.45, 2.75) is 32.6 Å². The van der Waals surface area contributed by atoms with E-state index in [-0.39, 0.29) is 17.7 Å². The number of carbonyl (C=O) groups excluding carboxylic acids is 2. The molecule has 0 radical (unpaired) electrons. The smallest absolute Gasteiger partial charge is 0.223 e. The van der Waals surface area contributed by atoms with E-state index in [4.69, 9.17) is 0 Å². The number of aryl methyl sites for hydroxylation is 1. The molecular formula is C16H23N3O2. The molecule has 1 aliphatic rings. The van der Waals surface area contributed by atoms with Crippen molar-refractivity contribution in [3.8, 4) is 0 Å². The molecule has 2 rings (SSSR count). The van der Waals surface area contributed by atoms with Crippen molar-refractivity contribution in [1.29, 1.82) is 0 Å². The first-order valence-corrected chi connectivity index (χ1v) is 7.60. The van der Waals surface area contributed by atoms with E-state index < -0.39 is 0 Å². The summed E-state index contributed by atoms with van der Waals surface area (Å²) < 4.78 is 0. The Hall–Kier alpha value is -1.91. The van der Waals surface area contributed by atoms with Crippen LogP contribution in [-0.2, 0) is 16.0 Å². The highest BCUT2D eigenvalue weighted by molar-refractivity contribution is 5.79. The van der Waals surface area contributed by atoms with Crippen molar-refractivity contribution in [1.82, 2.24) is 15.2 Å². The van der Waals surface area contributed by atoms with E-state index in [0.29, 0.717) is 19.6 Å². The van der Waals surface area contributed by atoms with Crippen molar-refractivity contribution < 1.29 is 9.59 Å². The third-order valence-corrected chi connectivity index (χ3v) is 3.95. The standard InChI is InChI=1S/C16H23N3O2/c1-13(20)19-11-7-14(8-12-19)16(21)18-10-4-6-15-5-2-3-9-17-15/h2-3,5,9,14H,4,6-8,10-12H2,1H3,(H,18,21). The van der Waals surface area contributed by atoms with Gasteiger partial charge < -0.3 is 10.2 Å². The van der Waals surface area contributed by atoms with E-state index >= 15 is 0 Å². The number of carbonyl (C=O) groups is 2. The number of hydrogen-bond donors (Lipinski definition) is 1. The molecular weight excluding hydrogens is 266 g/mol. The van der Waals surface area contributed by atoms with Gasteiger partial charge in [-0.1, -0.05) is 6.07 Å². The minimum Gasteiger partial charge on any atom is -0.356 e. The van der Waals surface area contributed by atoms with Crippen LogP contribution in [0.3, 0.4) is 0 Å². The molecule has 2 heterocycles. The van der Waals surface area contributed by atoms with E-state index in [2.05, 4.69) is 10.3 Å². The zero-order chi connectivity index (χ0) is 15.1. The average molecular weight is 289 g/mol. The van der Waals surface area contributed by atoms with Crippen LogP contribution in [-0.4, -0.2) is 41.3 Å². The van der Waals surface area contributed by atoms with Gasteiger partial charge in [-0.25, -0.2) is 0 Å². The molecule has 5 nitrogen and oxygen atoms in total. The summed E-state index contributed by atoms with van der Waals surface area (Å²) >= 11 is 0. The highest BCUT2D eigenvalue weighted by Gasteiger charge is 2.25. The van der Waals surface area contributed by atoms with E-state index in [0.717, 1.165) is 31.4 Å². The first-order valence-electron chi connectivity index (χ1n) is 7.60. The molecule has 1 aromatic heterocycles. The lowest BCUT2D eigenvalue weighted by Crippen LogP contribution is -2.42. The van der Waals surface area contributed by atoms with E-state index in [1.165, 1.54) is 0 Å². The maximum Gasteiger partial charge on any atom is 0.223 e. The molecule has 0 saturated carbocycles. The second kappa shape index (κ2) is 7.76. The molecule has 1 saturated heterocycles. The van der Waals surface area contributed by atoms with Crippen molar-refractivity contribution in [3.05, 3.63) is 30.1 Å². The Morgan fingerprint density at radius 3 is 2.71 bits per heavy atom. The minimum atomic E-state index is 0.0513. The highest BCUT2D eigenvalue weighted by Crippen LogP contribution is 2.17. The largest absolute Gasteiger partial charge is 0.356 e. The normalized spacial score (nSPS) is 15.8. The molecule has 0 bridgehead atoms. The second-order valence-electron chi connectivity index (χ2n) is 5.50. The molecule has 0 aliphatic carbocycles. The third kappa shape index (κ3) is 4.85. The fourth-order valence-corrected chi connectivity index (χ4v) is 2.63. The van der Waals surface area contributed by atoms with Gasteiger partial charge in [0.2, 0.25) is 11.8 Å². The number of pyridine rings is 1. The average Bonchev–Trinajstić information content (AvgIpc) is 2.52. The Bertz CT molecular complexity index is 468. The molecule has 21 heavy (non-hydrogen) atoms. The molecule has 0 aromatic carbocycles. The van der Waals surface area contributed by atoms with Crippen LogP contribution in [0.15, 0.2) is 24.4 Å². The van der Waals surface area contributed by atoms with Crippen LogP contribution < -0.4 is 5.32 Å². The number of hydrogen-bond acceptors (Lipinski definition) is 3. The Balaban J connectivity index is 1.63. The summed E-state index contributed by atoms with van der Waals surface area (Å²) in [5.74, 6) is 0.277. The maximum absolute atomic E-state index is 12.1. The highest BCUT2D eigenvalue weighted by atomic mass is 16.2. The van der Waals surface area contributed by atoms with Gasteiger partial charge in [0.05, 0.1) is 0 Å². The predicted molar refractivity (Wildman–Crippen MR) is 80.5 cm³/mol. The van der Waals surface area contributed by atoms with E-state index in [9.17, 15) is 9.59 Å². The molecule has 5 heteroatoms. The lowest BCUT2D eigenvalue weighted by Gasteiger charge is -2.30. The summed E-state index contributed by atoms with van der Waals surface area (Å²) in [4.78, 5) is 29.4. The van der Waals surface area contributed by atoms with Crippen LogP contribution >= 0.6 is 0 Å². The van der Waals surface area contributed by atoms with E-state index in [1.54, 1.807) is 13.1 Å². The monoisotopic (exact) mass is 289 g/mol. The fraction of sp³-hybridized carbons (Fsp3) is 0.562. The van der Waals surface area contributed by atoms with Crippen LogP contribution in [0.4, 0.5) is 0 Å². The number of nitrogens with zero attached hydrogens (tertiary/aromatic N) is 2. The Labute approximate surface area is 125 Å². The van der Waals surface area contributed by atoms with Gasteiger partial charge in [0.15, 0.2) is 0 Å². The van der Waals surface area contributed by atoms with Crippen molar-refractivity contribution in [3.63, 3.8) is 0 Å². The van der Waals surface area contributed by atoms with Crippen LogP contribution in [0.25, 0.3) is 0 Å². The van der Waals surface area contributed by atoms with Crippen molar-refractivity contribution in [2.24, 2.45) is 5.92 Å². The van der Waals surface area contributed by atoms with Gasteiger partial charge in [0.1, 0.15) is 0 Å². The number of likely N-dealkylation sites (tertiary alicyclic amines) is 1. The zero-order valence-electron chi connectivity index (χ0n) is 12.5. The molecule has 0 spiro atoms. The summed E-state index contributed by atoms with van der Waals surface area (Å²) in [6.07, 6.45) is 5.10. The van der Waals surface area contributed by atoms with Crippen LogP contribution in [0.1, 0.15) is 31.9 Å². The lowest BCUT2D eigenvalue weighted by molar-refractivity contribution is -0.133. The van der Waals surface area contributed by atoms with Crippen LogP contribution in [0, 0.1) is 5.92 Å². The summed E-state index contributed by atoms with van der Waals surface area (Å²) in [5.41, 5.74) is 1.06. The van der Waals surface area contributed by atoms with Gasteiger partial charge in [-0.15, -0.1) is 0 Å². The maximum atomic E-state index is 12.1. The minimum absolute atomic E-state index is 0.0513. The first-order chi connectivity index (χ1) is 10.2. The second-order valence-corrected chi connectivity index (χ2v) is 5.50. The van der Waals surface area contributed by atoms with Crippen molar-refractivity contribution in [2.75, 3.05) is 19.6 Å². The molecule has 114 valence electrons. The zero-order valence-corrected chi connectivity index (χ0v) is 12.5. The summed E-state index contributed by atoms with van der Waals surface area (Å²) in [7, 11) is 0. The number of nitrogens with one attached hydrogen (secondary N) is 1. The van der Waals surface area contributed by atoms with Gasteiger partial charge in [-0.3, -0.25) is 14.6 Å². The Morgan fingerprint density at radius 1 is 1.33 bits per heavy atom. The topological polar surface area (TPSA) is 62.3 Å². The van der Waals surface area contributed by atoms with Gasteiger partial charge in [-0.2, -0.15) is 0 Å². The summed E-state index contributed by atoms with van der Waals surface area (Å²) in [6, 6.07) is 5.88. The number of rotatable bonds is 5. The fourth-order valence-electron chi connectivity index (χ4n) is 2.63. The summed E-state index contributed by atoms with van der Waals surface area (Å²) in [6.45, 7) is 3.66. The van der Waals surface area contributed by atoms with Gasteiger partial charge in [0.25, 0.3) is 0 Å².